The Morgan fingerprint density at radius 1 is 1.07 bits per heavy atom. The van der Waals surface area contributed by atoms with Crippen molar-refractivity contribution in [1.29, 1.82) is 0 Å². The molecule has 1 heterocycles. The minimum atomic E-state index is -0.0193. The average Bonchev–Trinajstić information content (AvgIpc) is 3.13. The number of piperazine rings is 1. The molecule has 1 saturated heterocycles. The number of nitrogens with one attached hydrogen (secondary N) is 1. The SMILES string of the molecule is CC(C)CC(=O)N1CCN(C(C(=O)NCCCN(C)C)C2CCCC2)CC1. The summed E-state index contributed by atoms with van der Waals surface area (Å²) in [7, 11) is 4.12. The van der Waals surface area contributed by atoms with Gasteiger partial charge in [0, 0.05) is 39.1 Å². The summed E-state index contributed by atoms with van der Waals surface area (Å²) >= 11 is 0. The number of amides is 2. The van der Waals surface area contributed by atoms with Crippen molar-refractivity contribution in [2.24, 2.45) is 11.8 Å². The van der Waals surface area contributed by atoms with Crippen LogP contribution in [0.3, 0.4) is 0 Å². The molecule has 6 nitrogen and oxygen atoms in total. The molecule has 1 aliphatic carbocycles. The lowest BCUT2D eigenvalue weighted by Gasteiger charge is -2.41. The zero-order valence-electron chi connectivity index (χ0n) is 17.9. The molecule has 1 atom stereocenters. The summed E-state index contributed by atoms with van der Waals surface area (Å²) in [5, 5.41) is 3.18. The summed E-state index contributed by atoms with van der Waals surface area (Å²) < 4.78 is 0. The predicted molar refractivity (Wildman–Crippen MR) is 110 cm³/mol. The predicted octanol–water partition coefficient (Wildman–Crippen LogP) is 1.80. The first-order chi connectivity index (χ1) is 12.9. The zero-order chi connectivity index (χ0) is 19.8. The van der Waals surface area contributed by atoms with Gasteiger partial charge < -0.3 is 15.1 Å². The van der Waals surface area contributed by atoms with Crippen LogP contribution in [-0.4, -0.2) is 85.9 Å². The number of hydrogen-bond acceptors (Lipinski definition) is 4. The van der Waals surface area contributed by atoms with Gasteiger partial charge in [0.25, 0.3) is 0 Å². The maximum atomic E-state index is 13.0. The van der Waals surface area contributed by atoms with E-state index in [0.29, 0.717) is 18.3 Å². The molecule has 0 bridgehead atoms. The molecule has 0 radical (unpaired) electrons. The van der Waals surface area contributed by atoms with Gasteiger partial charge in [0.1, 0.15) is 0 Å². The van der Waals surface area contributed by atoms with E-state index in [1.54, 1.807) is 0 Å². The third kappa shape index (κ3) is 7.07. The van der Waals surface area contributed by atoms with Crippen molar-refractivity contribution in [2.45, 2.75) is 58.4 Å². The minimum Gasteiger partial charge on any atom is -0.355 e. The van der Waals surface area contributed by atoms with Gasteiger partial charge in [-0.15, -0.1) is 0 Å². The van der Waals surface area contributed by atoms with Crippen LogP contribution in [0.2, 0.25) is 0 Å². The van der Waals surface area contributed by atoms with Crippen molar-refractivity contribution >= 4 is 11.8 Å². The summed E-state index contributed by atoms with van der Waals surface area (Å²) in [4.78, 5) is 31.8. The Bertz CT molecular complexity index is 467. The van der Waals surface area contributed by atoms with Crippen molar-refractivity contribution in [3.63, 3.8) is 0 Å². The molecule has 0 aromatic carbocycles. The van der Waals surface area contributed by atoms with E-state index in [1.165, 1.54) is 12.8 Å². The third-order valence-electron chi connectivity index (χ3n) is 5.84. The van der Waals surface area contributed by atoms with E-state index in [1.807, 2.05) is 4.90 Å². The van der Waals surface area contributed by atoms with Crippen LogP contribution in [0.4, 0.5) is 0 Å². The lowest BCUT2D eigenvalue weighted by atomic mass is 9.95. The molecule has 2 fully saturated rings. The first-order valence-electron chi connectivity index (χ1n) is 10.8. The van der Waals surface area contributed by atoms with Crippen LogP contribution in [0.5, 0.6) is 0 Å². The summed E-state index contributed by atoms with van der Waals surface area (Å²) in [5.41, 5.74) is 0. The van der Waals surface area contributed by atoms with Crippen LogP contribution in [0.25, 0.3) is 0 Å². The minimum absolute atomic E-state index is 0.0193. The third-order valence-corrected chi connectivity index (χ3v) is 5.84. The average molecular weight is 381 g/mol. The summed E-state index contributed by atoms with van der Waals surface area (Å²) in [5.74, 6) is 1.32. The standard InChI is InChI=1S/C21H40N4O2/c1-17(2)16-19(26)24-12-14-25(15-13-24)20(18-8-5-6-9-18)21(27)22-10-7-11-23(3)4/h17-18,20H,5-16H2,1-4H3,(H,22,27). The number of carbonyl (C=O) groups is 2. The molecule has 2 rings (SSSR count). The maximum absolute atomic E-state index is 13.0. The summed E-state index contributed by atoms with van der Waals surface area (Å²) in [6, 6.07) is -0.0193. The molecule has 1 N–H and O–H groups in total. The molecule has 1 saturated carbocycles. The number of hydrogen-bond donors (Lipinski definition) is 1. The van der Waals surface area contributed by atoms with Gasteiger partial charge in [-0.3, -0.25) is 14.5 Å². The molecule has 1 unspecified atom stereocenters. The topological polar surface area (TPSA) is 55.9 Å². The monoisotopic (exact) mass is 380 g/mol. The molecule has 0 spiro atoms. The van der Waals surface area contributed by atoms with Gasteiger partial charge in [-0.1, -0.05) is 26.7 Å². The molecular weight excluding hydrogens is 340 g/mol. The van der Waals surface area contributed by atoms with Crippen LogP contribution in [0.15, 0.2) is 0 Å². The smallest absolute Gasteiger partial charge is 0.237 e. The van der Waals surface area contributed by atoms with Crippen molar-refractivity contribution in [1.82, 2.24) is 20.0 Å². The number of rotatable bonds is 9. The largest absolute Gasteiger partial charge is 0.355 e. The number of carbonyl (C=O) groups excluding carboxylic acids is 2. The second-order valence-corrected chi connectivity index (χ2v) is 8.95. The van der Waals surface area contributed by atoms with Crippen LogP contribution in [-0.2, 0) is 9.59 Å². The Morgan fingerprint density at radius 2 is 1.70 bits per heavy atom. The molecule has 2 amide bonds. The van der Waals surface area contributed by atoms with Gasteiger partial charge >= 0.3 is 0 Å². The molecule has 27 heavy (non-hydrogen) atoms. The molecular formula is C21H40N4O2. The van der Waals surface area contributed by atoms with Crippen molar-refractivity contribution in [3.05, 3.63) is 0 Å². The highest BCUT2D eigenvalue weighted by atomic mass is 16.2. The van der Waals surface area contributed by atoms with Crippen LogP contribution < -0.4 is 5.32 Å². The van der Waals surface area contributed by atoms with Crippen molar-refractivity contribution < 1.29 is 9.59 Å². The quantitative estimate of drug-likeness (QED) is 0.620. The summed E-state index contributed by atoms with van der Waals surface area (Å²) in [6.07, 6.45) is 6.39. The van der Waals surface area contributed by atoms with Gasteiger partial charge in [-0.05, 0) is 51.7 Å². The zero-order valence-corrected chi connectivity index (χ0v) is 17.9. The maximum Gasteiger partial charge on any atom is 0.237 e. The van der Waals surface area contributed by atoms with E-state index in [4.69, 9.17) is 0 Å². The Kier molecular flexibility index (Phi) is 9.03. The Morgan fingerprint density at radius 3 is 2.26 bits per heavy atom. The molecule has 6 heteroatoms. The first-order valence-corrected chi connectivity index (χ1v) is 10.8. The van der Waals surface area contributed by atoms with Gasteiger partial charge in [-0.2, -0.15) is 0 Å². The molecule has 0 aromatic heterocycles. The van der Waals surface area contributed by atoms with Gasteiger partial charge in [0.05, 0.1) is 6.04 Å². The first kappa shape index (κ1) is 22.2. The fourth-order valence-electron chi connectivity index (χ4n) is 4.39. The van der Waals surface area contributed by atoms with Crippen molar-refractivity contribution in [3.8, 4) is 0 Å². The van der Waals surface area contributed by atoms with Crippen LogP contribution >= 0.6 is 0 Å². The van der Waals surface area contributed by atoms with Crippen LogP contribution in [0, 0.1) is 11.8 Å². The van der Waals surface area contributed by atoms with Gasteiger partial charge in [0.15, 0.2) is 0 Å². The highest BCUT2D eigenvalue weighted by Gasteiger charge is 2.37. The van der Waals surface area contributed by atoms with Crippen molar-refractivity contribution in [2.75, 3.05) is 53.4 Å². The molecule has 0 aromatic rings. The molecule has 156 valence electrons. The lowest BCUT2D eigenvalue weighted by Crippen LogP contribution is -2.58. The Labute approximate surface area is 165 Å². The van der Waals surface area contributed by atoms with E-state index >= 15 is 0 Å². The second-order valence-electron chi connectivity index (χ2n) is 8.95. The van der Waals surface area contributed by atoms with E-state index < -0.39 is 0 Å². The summed E-state index contributed by atoms with van der Waals surface area (Å²) in [6.45, 7) is 9.05. The highest BCUT2D eigenvalue weighted by molar-refractivity contribution is 5.82. The van der Waals surface area contributed by atoms with Gasteiger partial charge in [-0.25, -0.2) is 0 Å². The van der Waals surface area contributed by atoms with E-state index in [-0.39, 0.29) is 17.9 Å². The van der Waals surface area contributed by atoms with Crippen LogP contribution in [0.1, 0.15) is 52.4 Å². The van der Waals surface area contributed by atoms with E-state index in [0.717, 1.165) is 58.5 Å². The highest BCUT2D eigenvalue weighted by Crippen LogP contribution is 2.31. The molecule has 2 aliphatic rings. The molecule has 1 aliphatic heterocycles. The number of nitrogens with zero attached hydrogens (tertiary/aromatic N) is 3. The lowest BCUT2D eigenvalue weighted by molar-refractivity contribution is -0.136. The second kappa shape index (κ2) is 11.0. The fourth-order valence-corrected chi connectivity index (χ4v) is 4.39. The van der Waals surface area contributed by atoms with Gasteiger partial charge in [0.2, 0.25) is 11.8 Å². The fraction of sp³-hybridized carbons (Fsp3) is 0.905. The normalized spacial score (nSPS) is 20.4. The van der Waals surface area contributed by atoms with E-state index in [2.05, 4.69) is 43.1 Å². The Balaban J connectivity index is 1.89. The Hall–Kier alpha value is -1.14. The van der Waals surface area contributed by atoms with E-state index in [9.17, 15) is 9.59 Å².